The summed E-state index contributed by atoms with van der Waals surface area (Å²) in [7, 11) is 0. The Kier molecular flexibility index (Phi) is 4.44. The molecule has 0 saturated heterocycles. The van der Waals surface area contributed by atoms with Gasteiger partial charge in [0, 0.05) is 49.8 Å². The molecule has 0 amide bonds. The third-order valence-corrected chi connectivity index (χ3v) is 8.36. The molecular weight excluding hydrogens is 504 g/mol. The van der Waals surface area contributed by atoms with Crippen molar-refractivity contribution in [1.29, 1.82) is 0 Å². The van der Waals surface area contributed by atoms with Gasteiger partial charge in [0.2, 0.25) is 0 Å². The third kappa shape index (κ3) is 3.07. The molecular formula is C37H22N2O2. The third-order valence-electron chi connectivity index (χ3n) is 8.36. The Morgan fingerprint density at radius 3 is 1.29 bits per heavy atom. The molecule has 0 bridgehead atoms. The minimum Gasteiger partial charge on any atom is -0.422 e. The van der Waals surface area contributed by atoms with Gasteiger partial charge in [0.25, 0.3) is 0 Å². The van der Waals surface area contributed by atoms with E-state index in [4.69, 9.17) is 4.42 Å². The minimum absolute atomic E-state index is 0.338. The highest BCUT2D eigenvalue weighted by molar-refractivity contribution is 6.11. The number of nitrogens with zero attached hydrogens (tertiary/aromatic N) is 2. The van der Waals surface area contributed by atoms with Crippen LogP contribution in [0.15, 0.2) is 143 Å². The fourth-order valence-corrected chi connectivity index (χ4v) is 6.59. The van der Waals surface area contributed by atoms with Crippen LogP contribution in [-0.2, 0) is 0 Å². The van der Waals surface area contributed by atoms with E-state index in [1.165, 1.54) is 21.5 Å². The smallest absolute Gasteiger partial charge is 0.344 e. The second-order valence-electron chi connectivity index (χ2n) is 10.5. The van der Waals surface area contributed by atoms with Crippen LogP contribution in [0.5, 0.6) is 0 Å². The van der Waals surface area contributed by atoms with Crippen LogP contribution in [-0.4, -0.2) is 9.13 Å². The van der Waals surface area contributed by atoms with Gasteiger partial charge in [-0.25, -0.2) is 4.79 Å². The number of rotatable bonds is 2. The van der Waals surface area contributed by atoms with Gasteiger partial charge in [-0.15, -0.1) is 0 Å². The van der Waals surface area contributed by atoms with E-state index in [-0.39, 0.29) is 5.63 Å². The van der Waals surface area contributed by atoms with Gasteiger partial charge in [-0.1, -0.05) is 78.9 Å². The second-order valence-corrected chi connectivity index (χ2v) is 10.5. The van der Waals surface area contributed by atoms with Gasteiger partial charge in [0.05, 0.1) is 27.5 Å². The highest BCUT2D eigenvalue weighted by Gasteiger charge is 2.16. The maximum absolute atomic E-state index is 13.5. The largest absolute Gasteiger partial charge is 0.422 e. The van der Waals surface area contributed by atoms with Crippen molar-refractivity contribution >= 4 is 65.4 Å². The van der Waals surface area contributed by atoms with E-state index in [0.717, 1.165) is 44.2 Å². The topological polar surface area (TPSA) is 40.1 Å². The van der Waals surface area contributed by atoms with Crippen LogP contribution in [0.4, 0.5) is 0 Å². The number of aromatic nitrogens is 2. The van der Waals surface area contributed by atoms with E-state index < -0.39 is 0 Å². The first kappa shape index (κ1) is 22.2. The van der Waals surface area contributed by atoms with Crippen molar-refractivity contribution in [1.82, 2.24) is 9.13 Å². The van der Waals surface area contributed by atoms with Crippen LogP contribution in [0.2, 0.25) is 0 Å². The average molecular weight is 527 g/mol. The monoisotopic (exact) mass is 526 g/mol. The van der Waals surface area contributed by atoms with Crippen molar-refractivity contribution in [3.63, 3.8) is 0 Å². The quantitative estimate of drug-likeness (QED) is 0.166. The fraction of sp³-hybridized carbons (Fsp3) is 0. The van der Waals surface area contributed by atoms with Gasteiger partial charge in [0.1, 0.15) is 5.58 Å². The van der Waals surface area contributed by atoms with Crippen LogP contribution in [0.25, 0.3) is 76.7 Å². The molecule has 0 saturated carbocycles. The first-order valence-electron chi connectivity index (χ1n) is 13.7. The van der Waals surface area contributed by atoms with E-state index in [9.17, 15) is 4.79 Å². The van der Waals surface area contributed by atoms with Crippen molar-refractivity contribution < 1.29 is 4.42 Å². The van der Waals surface area contributed by atoms with Gasteiger partial charge in [-0.2, -0.15) is 0 Å². The summed E-state index contributed by atoms with van der Waals surface area (Å²) in [6, 6.07) is 45.8. The molecule has 192 valence electrons. The van der Waals surface area contributed by atoms with E-state index in [2.05, 4.69) is 124 Å². The van der Waals surface area contributed by atoms with Gasteiger partial charge in [-0.05, 0) is 48.5 Å². The van der Waals surface area contributed by atoms with Crippen LogP contribution < -0.4 is 5.63 Å². The Bertz CT molecular complexity index is 2460. The summed E-state index contributed by atoms with van der Waals surface area (Å²) in [6.45, 7) is 0. The predicted molar refractivity (Wildman–Crippen MR) is 169 cm³/mol. The van der Waals surface area contributed by atoms with Crippen LogP contribution in [0.1, 0.15) is 0 Å². The predicted octanol–water partition coefficient (Wildman–Crippen LogP) is 9.14. The zero-order valence-electron chi connectivity index (χ0n) is 21.9. The molecule has 9 aromatic rings. The number of benzene rings is 6. The van der Waals surface area contributed by atoms with Gasteiger partial charge >= 0.3 is 5.63 Å². The lowest BCUT2D eigenvalue weighted by Gasteiger charge is -2.11. The highest BCUT2D eigenvalue weighted by atomic mass is 16.4. The molecule has 0 aliphatic carbocycles. The average Bonchev–Trinajstić information content (AvgIpc) is 3.54. The summed E-state index contributed by atoms with van der Waals surface area (Å²) in [4.78, 5) is 13.5. The van der Waals surface area contributed by atoms with Gasteiger partial charge < -0.3 is 13.6 Å². The molecule has 6 aromatic carbocycles. The lowest BCUT2D eigenvalue weighted by atomic mass is 10.1. The summed E-state index contributed by atoms with van der Waals surface area (Å²) in [5.74, 6) is 0. The highest BCUT2D eigenvalue weighted by Crippen LogP contribution is 2.35. The molecule has 0 N–H and O–H groups in total. The molecule has 4 heteroatoms. The normalized spacial score (nSPS) is 12.0. The van der Waals surface area contributed by atoms with Crippen molar-refractivity contribution in [3.8, 4) is 11.4 Å². The summed E-state index contributed by atoms with van der Waals surface area (Å²) >= 11 is 0. The number of fused-ring (bicyclic) bond motifs is 9. The summed E-state index contributed by atoms with van der Waals surface area (Å²) in [5, 5.41) is 7.13. The van der Waals surface area contributed by atoms with Gasteiger partial charge in [0.15, 0.2) is 0 Å². The molecule has 41 heavy (non-hydrogen) atoms. The fourth-order valence-electron chi connectivity index (χ4n) is 6.59. The Hall–Kier alpha value is -5.61. The first-order chi connectivity index (χ1) is 20.3. The van der Waals surface area contributed by atoms with Crippen molar-refractivity contribution in [2.45, 2.75) is 0 Å². The summed E-state index contributed by atoms with van der Waals surface area (Å²) in [6.07, 6.45) is 0. The van der Waals surface area contributed by atoms with Crippen molar-refractivity contribution in [2.24, 2.45) is 0 Å². The Morgan fingerprint density at radius 2 is 0.805 bits per heavy atom. The van der Waals surface area contributed by atoms with E-state index in [0.29, 0.717) is 11.0 Å². The van der Waals surface area contributed by atoms with Crippen LogP contribution in [0, 0.1) is 0 Å². The maximum Gasteiger partial charge on any atom is 0.344 e. The Morgan fingerprint density at radius 1 is 0.390 bits per heavy atom. The first-order valence-corrected chi connectivity index (χ1v) is 13.7. The summed E-state index contributed by atoms with van der Waals surface area (Å²) in [5.41, 5.74) is 6.57. The lowest BCUT2D eigenvalue weighted by Crippen LogP contribution is -2.03. The van der Waals surface area contributed by atoms with Crippen LogP contribution >= 0.6 is 0 Å². The molecule has 0 aliphatic heterocycles. The van der Waals surface area contributed by atoms with E-state index >= 15 is 0 Å². The number of hydrogen-bond acceptors (Lipinski definition) is 2. The summed E-state index contributed by atoms with van der Waals surface area (Å²) < 4.78 is 10.5. The molecule has 0 radical (unpaired) electrons. The van der Waals surface area contributed by atoms with Crippen molar-refractivity contribution in [3.05, 3.63) is 144 Å². The molecule has 0 aliphatic rings. The van der Waals surface area contributed by atoms with E-state index in [1.54, 1.807) is 0 Å². The molecule has 0 fully saturated rings. The lowest BCUT2D eigenvalue weighted by molar-refractivity contribution is 0.569. The van der Waals surface area contributed by atoms with E-state index in [1.807, 2.05) is 18.2 Å². The zero-order valence-corrected chi connectivity index (χ0v) is 21.9. The number of hydrogen-bond donors (Lipinski definition) is 0. The Balaban J connectivity index is 1.27. The zero-order chi connectivity index (χ0) is 27.1. The van der Waals surface area contributed by atoms with Gasteiger partial charge in [-0.3, -0.25) is 0 Å². The molecule has 0 atom stereocenters. The SMILES string of the molecule is O=c1oc2cc(-n3c4ccccc4c4ccccc43)ccc2c2ccc(-n3c4ccccc4c4ccccc43)cc12. The van der Waals surface area contributed by atoms with Crippen molar-refractivity contribution in [2.75, 3.05) is 0 Å². The number of para-hydroxylation sites is 4. The maximum atomic E-state index is 13.5. The minimum atomic E-state index is -0.338. The standard InChI is InChI=1S/C37H22N2O2/c40-37-31-21-23(38-32-13-5-1-9-26(32)27-10-2-6-14-33(27)38)17-19-25(31)30-20-18-24(22-36(30)41-37)39-34-15-7-3-11-28(34)29-12-4-8-16-35(29)39/h1-22H. The Labute approximate surface area is 233 Å². The molecule has 3 aromatic heterocycles. The van der Waals surface area contributed by atoms with Crippen LogP contribution in [0.3, 0.4) is 0 Å². The molecule has 9 rings (SSSR count). The molecule has 3 heterocycles. The molecule has 0 unspecified atom stereocenters. The molecule has 0 spiro atoms. The molecule has 4 nitrogen and oxygen atoms in total. The second kappa shape index (κ2) is 8.20.